The van der Waals surface area contributed by atoms with Gasteiger partial charge in [0.1, 0.15) is 6.61 Å². The lowest BCUT2D eigenvalue weighted by Gasteiger charge is -2.20. The van der Waals surface area contributed by atoms with E-state index in [0.717, 1.165) is 11.1 Å². The lowest BCUT2D eigenvalue weighted by atomic mass is 10.2. The summed E-state index contributed by atoms with van der Waals surface area (Å²) in [5.41, 5.74) is 1.94. The number of carbonyl (C=O) groups excluding carboxylic acids is 2. The molecule has 0 radical (unpaired) electrons. The highest BCUT2D eigenvalue weighted by Gasteiger charge is 2.39. The molecule has 3 rings (SSSR count). The molecule has 2 aromatic rings. The zero-order valence-corrected chi connectivity index (χ0v) is 16.4. The number of rotatable bonds is 9. The average molecular weight is 399 g/mol. The minimum atomic E-state index is -0.820. The summed E-state index contributed by atoms with van der Waals surface area (Å²) in [6, 6.07) is 18.3. The minimum absolute atomic E-state index is 0.0261. The van der Waals surface area contributed by atoms with Gasteiger partial charge in [-0.15, -0.1) is 0 Å². The maximum Gasteiger partial charge on any atom is 0.413 e. The molecule has 1 fully saturated rings. The smallest absolute Gasteiger partial charge is 0.413 e. The predicted octanol–water partition coefficient (Wildman–Crippen LogP) is 3.13. The highest BCUT2D eigenvalue weighted by Crippen LogP contribution is 2.15. The van der Waals surface area contributed by atoms with E-state index in [1.165, 1.54) is 4.90 Å². The molecule has 154 valence electrons. The molecule has 7 nitrogen and oxygen atoms in total. The van der Waals surface area contributed by atoms with Crippen LogP contribution in [0.1, 0.15) is 18.1 Å². The topological polar surface area (TPSA) is 74.3 Å². The van der Waals surface area contributed by atoms with Crippen LogP contribution in [0.4, 0.5) is 4.79 Å². The van der Waals surface area contributed by atoms with Crippen molar-refractivity contribution in [1.29, 1.82) is 0 Å². The third-order valence-corrected chi connectivity index (χ3v) is 4.44. The van der Waals surface area contributed by atoms with Crippen LogP contribution in [0.2, 0.25) is 0 Å². The predicted molar refractivity (Wildman–Crippen MR) is 105 cm³/mol. The number of amides is 1. The molecule has 0 saturated carbocycles. The average Bonchev–Trinajstić information content (AvgIpc) is 3.12. The van der Waals surface area contributed by atoms with Gasteiger partial charge in [-0.05, 0) is 18.1 Å². The summed E-state index contributed by atoms with van der Waals surface area (Å²) in [6.45, 7) is 2.68. The highest BCUT2D eigenvalue weighted by atomic mass is 16.6. The molecule has 7 heteroatoms. The van der Waals surface area contributed by atoms with E-state index in [2.05, 4.69) is 0 Å². The van der Waals surface area contributed by atoms with Crippen LogP contribution in [-0.4, -0.2) is 49.1 Å². The van der Waals surface area contributed by atoms with Gasteiger partial charge >= 0.3 is 12.1 Å². The Balaban J connectivity index is 1.41. The van der Waals surface area contributed by atoms with Crippen LogP contribution in [0.25, 0.3) is 0 Å². The van der Waals surface area contributed by atoms with E-state index in [9.17, 15) is 9.59 Å². The van der Waals surface area contributed by atoms with Crippen molar-refractivity contribution in [3.05, 3.63) is 71.8 Å². The van der Waals surface area contributed by atoms with Crippen molar-refractivity contribution in [2.45, 2.75) is 32.3 Å². The van der Waals surface area contributed by atoms with Gasteiger partial charge in [0, 0.05) is 0 Å². The molecule has 0 N–H and O–H groups in total. The molecule has 0 unspecified atom stereocenters. The first-order valence-corrected chi connectivity index (χ1v) is 9.50. The maximum atomic E-state index is 12.3. The van der Waals surface area contributed by atoms with E-state index in [1.807, 2.05) is 67.6 Å². The van der Waals surface area contributed by atoms with Crippen LogP contribution in [0, 0.1) is 0 Å². The van der Waals surface area contributed by atoms with Crippen LogP contribution in [-0.2, 0) is 37.0 Å². The van der Waals surface area contributed by atoms with Gasteiger partial charge in [0.25, 0.3) is 0 Å². The summed E-state index contributed by atoms with van der Waals surface area (Å²) in [5.74, 6) is -0.500. The third-order valence-electron chi connectivity index (χ3n) is 4.44. The Kier molecular flexibility index (Phi) is 7.61. The second-order valence-electron chi connectivity index (χ2n) is 6.76. The lowest BCUT2D eigenvalue weighted by molar-refractivity contribution is -0.140. The van der Waals surface area contributed by atoms with Crippen molar-refractivity contribution in [1.82, 2.24) is 4.90 Å². The van der Waals surface area contributed by atoms with Crippen molar-refractivity contribution >= 4 is 12.1 Å². The zero-order valence-electron chi connectivity index (χ0n) is 16.4. The first kappa shape index (κ1) is 20.8. The fourth-order valence-corrected chi connectivity index (χ4v) is 2.79. The van der Waals surface area contributed by atoms with Crippen LogP contribution >= 0.6 is 0 Å². The highest BCUT2D eigenvalue weighted by molar-refractivity contribution is 5.83. The number of benzene rings is 2. The van der Waals surface area contributed by atoms with E-state index in [0.29, 0.717) is 13.2 Å². The van der Waals surface area contributed by atoms with E-state index in [4.69, 9.17) is 18.9 Å². The zero-order chi connectivity index (χ0) is 20.5. The number of hydrogen-bond donors (Lipinski definition) is 0. The lowest BCUT2D eigenvalue weighted by Crippen LogP contribution is -2.42. The number of ether oxygens (including phenoxy) is 4. The van der Waals surface area contributed by atoms with Gasteiger partial charge in [0.15, 0.2) is 12.8 Å². The first-order valence-electron chi connectivity index (χ1n) is 9.50. The number of nitrogens with zero attached hydrogens (tertiary/aromatic N) is 1. The second kappa shape index (κ2) is 10.6. The van der Waals surface area contributed by atoms with Crippen LogP contribution in [0.3, 0.4) is 0 Å². The molecule has 0 spiro atoms. The first-order chi connectivity index (χ1) is 14.1. The number of cyclic esters (lactones) is 1. The summed E-state index contributed by atoms with van der Waals surface area (Å²) < 4.78 is 21.6. The number of hydrogen-bond acceptors (Lipinski definition) is 6. The Morgan fingerprint density at radius 3 is 2.34 bits per heavy atom. The van der Waals surface area contributed by atoms with E-state index < -0.39 is 18.1 Å². The normalized spacial score (nSPS) is 17.1. The van der Waals surface area contributed by atoms with Crippen molar-refractivity contribution in [2.75, 3.05) is 19.9 Å². The minimum Gasteiger partial charge on any atom is -0.444 e. The van der Waals surface area contributed by atoms with E-state index >= 15 is 0 Å². The Bertz CT molecular complexity index is 782. The summed E-state index contributed by atoms with van der Waals surface area (Å²) in [5, 5.41) is 0. The monoisotopic (exact) mass is 399 g/mol. The van der Waals surface area contributed by atoms with Crippen molar-refractivity contribution < 1.29 is 28.5 Å². The van der Waals surface area contributed by atoms with Crippen LogP contribution in [0.15, 0.2) is 60.7 Å². The van der Waals surface area contributed by atoms with Gasteiger partial charge in [0.05, 0.1) is 25.9 Å². The number of esters is 1. The maximum absolute atomic E-state index is 12.3. The molecule has 0 aliphatic carbocycles. The second-order valence-corrected chi connectivity index (χ2v) is 6.76. The van der Waals surface area contributed by atoms with Gasteiger partial charge in [-0.25, -0.2) is 9.59 Å². The standard InChI is InChI=1S/C22H25NO6/c1-17(27-13-18-8-4-2-5-9-18)12-26-15-20-21(24)29-16-23(20)22(25)28-14-19-10-6-3-7-11-19/h2-11,17,20H,12-16H2,1H3/t17-,20-/m0/s1. The molecule has 29 heavy (non-hydrogen) atoms. The van der Waals surface area contributed by atoms with Gasteiger partial charge in [-0.3, -0.25) is 4.90 Å². The SMILES string of the molecule is C[C@@H](COC[C@H]1C(=O)OCN1C(=O)OCc1ccccc1)OCc1ccccc1. The molecule has 1 aliphatic rings. The molecule has 0 bridgehead atoms. The largest absolute Gasteiger partial charge is 0.444 e. The Morgan fingerprint density at radius 1 is 1.07 bits per heavy atom. The van der Waals surface area contributed by atoms with Crippen LogP contribution in [0.5, 0.6) is 0 Å². The summed E-state index contributed by atoms with van der Waals surface area (Å²) >= 11 is 0. The van der Waals surface area contributed by atoms with Gasteiger partial charge in [-0.1, -0.05) is 60.7 Å². The fraction of sp³-hybridized carbons (Fsp3) is 0.364. The van der Waals surface area contributed by atoms with Crippen LogP contribution < -0.4 is 0 Å². The third kappa shape index (κ3) is 6.30. The van der Waals surface area contributed by atoms with Gasteiger partial charge in [-0.2, -0.15) is 0 Å². The number of carbonyl (C=O) groups is 2. The van der Waals surface area contributed by atoms with Crippen molar-refractivity contribution in [2.24, 2.45) is 0 Å². The summed E-state index contributed by atoms with van der Waals surface area (Å²) in [4.78, 5) is 25.5. The summed E-state index contributed by atoms with van der Waals surface area (Å²) in [7, 11) is 0. The molecular formula is C22H25NO6. The molecule has 1 amide bonds. The molecule has 1 saturated heterocycles. The fourth-order valence-electron chi connectivity index (χ4n) is 2.79. The van der Waals surface area contributed by atoms with Crippen molar-refractivity contribution in [3.8, 4) is 0 Å². The molecule has 0 aromatic heterocycles. The molecule has 2 aromatic carbocycles. The van der Waals surface area contributed by atoms with Gasteiger partial charge in [0.2, 0.25) is 0 Å². The van der Waals surface area contributed by atoms with Gasteiger partial charge < -0.3 is 18.9 Å². The molecular weight excluding hydrogens is 374 g/mol. The van der Waals surface area contributed by atoms with Crippen molar-refractivity contribution in [3.63, 3.8) is 0 Å². The molecule has 1 aliphatic heterocycles. The van der Waals surface area contributed by atoms with E-state index in [1.54, 1.807) is 0 Å². The van der Waals surface area contributed by atoms with E-state index in [-0.39, 0.29) is 26.0 Å². The molecule has 2 atom stereocenters. The Hall–Kier alpha value is -2.90. The quantitative estimate of drug-likeness (QED) is 0.603. The molecule has 1 heterocycles. The Morgan fingerprint density at radius 2 is 1.69 bits per heavy atom. The summed E-state index contributed by atoms with van der Waals surface area (Å²) in [6.07, 6.45) is -0.771. The Labute approximate surface area is 170 Å².